The van der Waals surface area contributed by atoms with E-state index in [2.05, 4.69) is 44.3 Å². The van der Waals surface area contributed by atoms with Crippen molar-refractivity contribution in [2.24, 2.45) is 0 Å². The maximum Gasteiger partial charge on any atom is 0.324 e. The second kappa shape index (κ2) is 6.15. The van der Waals surface area contributed by atoms with Crippen LogP contribution in [-0.2, 0) is 6.54 Å². The average molecular weight is 290 g/mol. The lowest BCUT2D eigenvalue weighted by molar-refractivity contribution is -0.380. The van der Waals surface area contributed by atoms with Gasteiger partial charge in [0.15, 0.2) is 0 Å². The summed E-state index contributed by atoms with van der Waals surface area (Å²) in [4.78, 5) is 11.3. The zero-order valence-electron chi connectivity index (χ0n) is 11.8. The maximum atomic E-state index is 10.6. The van der Waals surface area contributed by atoms with Gasteiger partial charge in [0.05, 0.1) is 4.92 Å². The molecule has 0 fully saturated rings. The van der Waals surface area contributed by atoms with Crippen molar-refractivity contribution in [3.05, 3.63) is 62.0 Å². The lowest BCUT2D eigenvalue weighted by Crippen LogP contribution is -2.18. The Morgan fingerprint density at radius 2 is 2.05 bits per heavy atom. The first kappa shape index (κ1) is 14.7. The molecule has 1 atom stereocenters. The summed E-state index contributed by atoms with van der Waals surface area (Å²) in [5, 5.41) is 14.3. The minimum absolute atomic E-state index is 0.195. The van der Waals surface area contributed by atoms with E-state index < -0.39 is 0 Å². The van der Waals surface area contributed by atoms with E-state index in [1.165, 1.54) is 28.0 Å². The van der Waals surface area contributed by atoms with Gasteiger partial charge in [-0.1, -0.05) is 35.1 Å². The molecule has 20 heavy (non-hydrogen) atoms. The number of thiophene rings is 1. The molecule has 1 aromatic carbocycles. The number of hydrogen-bond acceptors (Lipinski definition) is 4. The summed E-state index contributed by atoms with van der Waals surface area (Å²) in [7, 11) is 0. The van der Waals surface area contributed by atoms with Gasteiger partial charge >= 0.3 is 5.00 Å². The van der Waals surface area contributed by atoms with Gasteiger partial charge in [-0.2, -0.15) is 0 Å². The van der Waals surface area contributed by atoms with Crippen LogP contribution in [0.15, 0.2) is 30.3 Å². The Balaban J connectivity index is 2.00. The normalized spacial score (nSPS) is 12.3. The molecule has 1 aromatic heterocycles. The number of nitro groups is 1. The molecule has 1 unspecified atom stereocenters. The largest absolute Gasteiger partial charge is 0.324 e. The second-order valence-electron chi connectivity index (χ2n) is 4.96. The average Bonchev–Trinajstić information content (AvgIpc) is 2.85. The van der Waals surface area contributed by atoms with Crippen LogP contribution in [0.5, 0.6) is 0 Å². The van der Waals surface area contributed by atoms with E-state index in [1.54, 1.807) is 6.07 Å². The van der Waals surface area contributed by atoms with Crippen LogP contribution in [0.1, 0.15) is 34.5 Å². The summed E-state index contributed by atoms with van der Waals surface area (Å²) in [5.41, 5.74) is 3.79. The van der Waals surface area contributed by atoms with Gasteiger partial charge in [-0.05, 0) is 38.0 Å². The molecular weight excluding hydrogens is 272 g/mol. The Morgan fingerprint density at radius 1 is 1.30 bits per heavy atom. The summed E-state index contributed by atoms with van der Waals surface area (Å²) in [6.07, 6.45) is 0. The van der Waals surface area contributed by atoms with E-state index >= 15 is 0 Å². The van der Waals surface area contributed by atoms with Crippen molar-refractivity contribution in [2.75, 3.05) is 0 Å². The van der Waals surface area contributed by atoms with Gasteiger partial charge in [0.1, 0.15) is 0 Å². The highest BCUT2D eigenvalue weighted by atomic mass is 32.1. The third kappa shape index (κ3) is 3.43. The molecule has 0 saturated heterocycles. The Labute approximate surface area is 122 Å². The van der Waals surface area contributed by atoms with Crippen molar-refractivity contribution in [3.63, 3.8) is 0 Å². The fourth-order valence-electron chi connectivity index (χ4n) is 2.23. The molecule has 106 valence electrons. The van der Waals surface area contributed by atoms with Gasteiger partial charge in [0, 0.05) is 23.5 Å². The van der Waals surface area contributed by atoms with Crippen LogP contribution >= 0.6 is 11.3 Å². The molecule has 0 saturated carbocycles. The molecular formula is C15H18N2O2S. The topological polar surface area (TPSA) is 55.2 Å². The number of nitrogens with one attached hydrogen (secondary N) is 1. The lowest BCUT2D eigenvalue weighted by atomic mass is 10.0. The molecule has 0 aliphatic heterocycles. The van der Waals surface area contributed by atoms with E-state index in [4.69, 9.17) is 0 Å². The van der Waals surface area contributed by atoms with E-state index in [0.717, 1.165) is 4.88 Å². The number of rotatable bonds is 5. The highest BCUT2D eigenvalue weighted by Crippen LogP contribution is 2.25. The number of nitrogens with zero attached hydrogens (tertiary/aromatic N) is 1. The summed E-state index contributed by atoms with van der Waals surface area (Å²) in [6.45, 7) is 6.95. The van der Waals surface area contributed by atoms with Crippen LogP contribution in [0, 0.1) is 24.0 Å². The predicted octanol–water partition coefficient (Wildman–Crippen LogP) is 4.12. The van der Waals surface area contributed by atoms with Gasteiger partial charge in [-0.25, -0.2) is 0 Å². The lowest BCUT2D eigenvalue weighted by Gasteiger charge is -2.16. The van der Waals surface area contributed by atoms with E-state index in [0.29, 0.717) is 6.54 Å². The number of benzene rings is 1. The van der Waals surface area contributed by atoms with Crippen LogP contribution in [0.25, 0.3) is 0 Å². The molecule has 2 aromatic rings. The van der Waals surface area contributed by atoms with E-state index in [9.17, 15) is 10.1 Å². The van der Waals surface area contributed by atoms with Crippen molar-refractivity contribution in [2.45, 2.75) is 33.4 Å². The van der Waals surface area contributed by atoms with Crippen molar-refractivity contribution in [1.82, 2.24) is 5.32 Å². The third-order valence-corrected chi connectivity index (χ3v) is 4.34. The van der Waals surface area contributed by atoms with E-state index in [1.807, 2.05) is 6.07 Å². The molecule has 1 N–H and O–H groups in total. The third-order valence-electron chi connectivity index (χ3n) is 3.30. The molecule has 0 radical (unpaired) electrons. The van der Waals surface area contributed by atoms with Crippen LogP contribution < -0.4 is 5.32 Å². The summed E-state index contributed by atoms with van der Waals surface area (Å²) < 4.78 is 0. The number of hydrogen-bond donors (Lipinski definition) is 1. The summed E-state index contributed by atoms with van der Waals surface area (Å²) >= 11 is 1.22. The molecule has 1 heterocycles. The van der Waals surface area contributed by atoms with Crippen LogP contribution in [0.2, 0.25) is 0 Å². The predicted molar refractivity (Wildman–Crippen MR) is 82.1 cm³/mol. The standard InChI is InChI=1S/C15H18N2O2S/c1-10-4-6-14(11(2)8-10)12(3)16-9-13-5-7-15(20-13)17(18)19/h4-8,12,16H,9H2,1-3H3. The fraction of sp³-hybridized carbons (Fsp3) is 0.333. The minimum atomic E-state index is -0.346. The van der Waals surface area contributed by atoms with Crippen LogP contribution in [-0.4, -0.2) is 4.92 Å². The highest BCUT2D eigenvalue weighted by molar-refractivity contribution is 7.15. The Morgan fingerprint density at radius 3 is 2.65 bits per heavy atom. The van der Waals surface area contributed by atoms with Gasteiger partial charge < -0.3 is 5.32 Å². The zero-order chi connectivity index (χ0) is 14.7. The molecule has 0 bridgehead atoms. The quantitative estimate of drug-likeness (QED) is 0.665. The zero-order valence-corrected chi connectivity index (χ0v) is 12.7. The van der Waals surface area contributed by atoms with Crippen molar-refractivity contribution in [1.29, 1.82) is 0 Å². The van der Waals surface area contributed by atoms with Gasteiger partial charge in [-0.15, -0.1) is 0 Å². The molecule has 0 spiro atoms. The SMILES string of the molecule is Cc1ccc(C(C)NCc2ccc([N+](=O)[O-])s2)c(C)c1. The van der Waals surface area contributed by atoms with Gasteiger partial charge in [0.25, 0.3) is 0 Å². The first-order chi connectivity index (χ1) is 9.47. The Kier molecular flexibility index (Phi) is 4.52. The first-order valence-electron chi connectivity index (χ1n) is 6.51. The van der Waals surface area contributed by atoms with Crippen molar-refractivity contribution in [3.8, 4) is 0 Å². The van der Waals surface area contributed by atoms with Crippen molar-refractivity contribution < 1.29 is 4.92 Å². The second-order valence-corrected chi connectivity index (χ2v) is 6.11. The molecule has 4 nitrogen and oxygen atoms in total. The Hall–Kier alpha value is -1.72. The molecule has 5 heteroatoms. The monoisotopic (exact) mass is 290 g/mol. The van der Waals surface area contributed by atoms with Gasteiger partial charge in [0.2, 0.25) is 0 Å². The van der Waals surface area contributed by atoms with E-state index in [-0.39, 0.29) is 16.0 Å². The molecule has 0 amide bonds. The summed E-state index contributed by atoms with van der Waals surface area (Å²) in [5.74, 6) is 0. The number of aryl methyl sites for hydroxylation is 2. The fourth-order valence-corrected chi connectivity index (χ4v) is 3.01. The van der Waals surface area contributed by atoms with Crippen molar-refractivity contribution >= 4 is 16.3 Å². The Bertz CT molecular complexity index is 622. The first-order valence-corrected chi connectivity index (χ1v) is 7.32. The maximum absolute atomic E-state index is 10.6. The van der Waals surface area contributed by atoms with Gasteiger partial charge in [-0.3, -0.25) is 10.1 Å². The highest BCUT2D eigenvalue weighted by Gasteiger charge is 2.12. The summed E-state index contributed by atoms with van der Waals surface area (Å²) in [6, 6.07) is 10.0. The smallest absolute Gasteiger partial charge is 0.305 e. The molecule has 0 aliphatic rings. The van der Waals surface area contributed by atoms with Crippen LogP contribution in [0.4, 0.5) is 5.00 Å². The molecule has 2 rings (SSSR count). The van der Waals surface area contributed by atoms with Crippen LogP contribution in [0.3, 0.4) is 0 Å². The minimum Gasteiger partial charge on any atom is -0.305 e. The molecule has 0 aliphatic carbocycles.